The Morgan fingerprint density at radius 2 is 2.10 bits per heavy atom. The molecule has 0 aliphatic carbocycles. The van der Waals surface area contributed by atoms with Crippen molar-refractivity contribution in [2.45, 2.75) is 6.10 Å². The maximum Gasteiger partial charge on any atom is 0.270 e. The number of aromatic nitrogens is 1. The van der Waals surface area contributed by atoms with Gasteiger partial charge in [-0.1, -0.05) is 29.8 Å². The molecule has 1 heterocycles. The van der Waals surface area contributed by atoms with E-state index in [0.717, 1.165) is 5.39 Å². The highest BCUT2D eigenvalue weighted by Gasteiger charge is 2.15. The fraction of sp³-hybridized carbons (Fsp3) is 0.154. The molecule has 0 bridgehead atoms. The van der Waals surface area contributed by atoms with E-state index < -0.39 is 17.9 Å². The van der Waals surface area contributed by atoms with Crippen molar-refractivity contribution in [2.75, 3.05) is 6.54 Å². The van der Waals surface area contributed by atoms with E-state index >= 15 is 0 Å². The van der Waals surface area contributed by atoms with Crippen molar-refractivity contribution in [3.63, 3.8) is 0 Å². The van der Waals surface area contributed by atoms with Gasteiger partial charge in [0.05, 0.1) is 17.1 Å². The third-order valence-corrected chi connectivity index (χ3v) is 3.00. The minimum absolute atomic E-state index is 0.102. The number of carbonyl (C=O) groups is 2. The van der Waals surface area contributed by atoms with Gasteiger partial charge < -0.3 is 16.2 Å². The van der Waals surface area contributed by atoms with Crippen LogP contribution in [0.2, 0.25) is 5.02 Å². The van der Waals surface area contributed by atoms with Crippen LogP contribution in [0, 0.1) is 0 Å². The van der Waals surface area contributed by atoms with Gasteiger partial charge in [-0.2, -0.15) is 0 Å². The van der Waals surface area contributed by atoms with Gasteiger partial charge in [-0.05, 0) is 12.1 Å². The number of aliphatic hydroxyl groups excluding tert-OH is 1. The van der Waals surface area contributed by atoms with E-state index in [2.05, 4.69) is 10.3 Å². The first-order chi connectivity index (χ1) is 9.49. The van der Waals surface area contributed by atoms with Gasteiger partial charge in [0.1, 0.15) is 11.8 Å². The third kappa shape index (κ3) is 3.04. The lowest BCUT2D eigenvalue weighted by Crippen LogP contribution is -2.40. The van der Waals surface area contributed by atoms with Crippen LogP contribution in [0.3, 0.4) is 0 Å². The Hall–Kier alpha value is -2.18. The van der Waals surface area contributed by atoms with Crippen LogP contribution in [-0.4, -0.2) is 34.6 Å². The van der Waals surface area contributed by atoms with Crippen LogP contribution in [-0.2, 0) is 4.79 Å². The van der Waals surface area contributed by atoms with Crippen LogP contribution in [0.4, 0.5) is 0 Å². The number of benzene rings is 1. The van der Waals surface area contributed by atoms with Gasteiger partial charge >= 0.3 is 0 Å². The average molecular weight is 294 g/mol. The number of para-hydroxylation sites is 1. The number of rotatable bonds is 4. The lowest BCUT2D eigenvalue weighted by molar-refractivity contribution is -0.125. The number of pyridine rings is 1. The van der Waals surface area contributed by atoms with E-state index in [9.17, 15) is 14.7 Å². The fourth-order valence-corrected chi connectivity index (χ4v) is 1.89. The van der Waals surface area contributed by atoms with Gasteiger partial charge in [0.25, 0.3) is 5.91 Å². The SMILES string of the molecule is NC(=O)C(O)CNC(=O)c1cc(Cl)c2ccccc2n1. The molecule has 0 aliphatic heterocycles. The summed E-state index contributed by atoms with van der Waals surface area (Å²) in [5.74, 6) is -1.45. The van der Waals surface area contributed by atoms with Gasteiger partial charge in [0, 0.05) is 5.39 Å². The fourth-order valence-electron chi connectivity index (χ4n) is 1.63. The highest BCUT2D eigenvalue weighted by molar-refractivity contribution is 6.35. The number of primary amides is 1. The molecule has 0 fully saturated rings. The second-order valence-corrected chi connectivity index (χ2v) is 4.54. The summed E-state index contributed by atoms with van der Waals surface area (Å²) in [6.07, 6.45) is -1.44. The molecule has 1 aromatic heterocycles. The topological polar surface area (TPSA) is 105 Å². The first-order valence-corrected chi connectivity index (χ1v) is 6.17. The molecule has 0 saturated carbocycles. The smallest absolute Gasteiger partial charge is 0.270 e. The Balaban J connectivity index is 2.20. The summed E-state index contributed by atoms with van der Waals surface area (Å²) in [7, 11) is 0. The Morgan fingerprint density at radius 1 is 1.40 bits per heavy atom. The lowest BCUT2D eigenvalue weighted by atomic mass is 10.2. The quantitative estimate of drug-likeness (QED) is 0.761. The molecule has 2 rings (SSSR count). The number of halogens is 1. The Bertz CT molecular complexity index is 675. The number of hydrogen-bond donors (Lipinski definition) is 3. The highest BCUT2D eigenvalue weighted by Crippen LogP contribution is 2.22. The van der Waals surface area contributed by atoms with Crippen molar-refractivity contribution in [2.24, 2.45) is 5.73 Å². The molecule has 1 unspecified atom stereocenters. The molecule has 0 aliphatic rings. The normalized spacial score (nSPS) is 12.1. The Labute approximate surface area is 119 Å². The Morgan fingerprint density at radius 3 is 2.80 bits per heavy atom. The molecule has 6 nitrogen and oxygen atoms in total. The zero-order chi connectivity index (χ0) is 14.7. The molecule has 2 amide bonds. The molecule has 4 N–H and O–H groups in total. The Kier molecular flexibility index (Phi) is 4.16. The van der Waals surface area contributed by atoms with Crippen molar-refractivity contribution in [3.05, 3.63) is 41.0 Å². The van der Waals surface area contributed by atoms with E-state index in [0.29, 0.717) is 10.5 Å². The minimum Gasteiger partial charge on any atom is -0.381 e. The zero-order valence-electron chi connectivity index (χ0n) is 10.3. The average Bonchev–Trinajstić information content (AvgIpc) is 2.44. The maximum atomic E-state index is 11.9. The monoisotopic (exact) mass is 293 g/mol. The molecule has 0 spiro atoms. The second-order valence-electron chi connectivity index (χ2n) is 4.13. The van der Waals surface area contributed by atoms with E-state index in [-0.39, 0.29) is 12.2 Å². The van der Waals surface area contributed by atoms with Gasteiger partial charge in [0.2, 0.25) is 5.91 Å². The molecule has 1 atom stereocenters. The summed E-state index contributed by atoms with van der Waals surface area (Å²) in [4.78, 5) is 26.7. The number of hydrogen-bond acceptors (Lipinski definition) is 4. The largest absolute Gasteiger partial charge is 0.381 e. The van der Waals surface area contributed by atoms with Crippen LogP contribution >= 0.6 is 11.6 Å². The summed E-state index contributed by atoms with van der Waals surface area (Å²) in [6, 6.07) is 8.55. The predicted octanol–water partition coefficient (Wildman–Crippen LogP) is 0.464. The van der Waals surface area contributed by atoms with Crippen molar-refractivity contribution in [3.8, 4) is 0 Å². The molecular weight excluding hydrogens is 282 g/mol. The third-order valence-electron chi connectivity index (χ3n) is 2.68. The molecule has 1 aromatic carbocycles. The van der Waals surface area contributed by atoms with Gasteiger partial charge in [-0.15, -0.1) is 0 Å². The van der Waals surface area contributed by atoms with Crippen LogP contribution in [0.5, 0.6) is 0 Å². The minimum atomic E-state index is -1.44. The molecule has 7 heteroatoms. The molecule has 20 heavy (non-hydrogen) atoms. The van der Waals surface area contributed by atoms with Crippen molar-refractivity contribution >= 4 is 34.3 Å². The molecule has 0 saturated heterocycles. The van der Waals surface area contributed by atoms with Crippen molar-refractivity contribution in [1.29, 1.82) is 0 Å². The van der Waals surface area contributed by atoms with E-state index in [4.69, 9.17) is 17.3 Å². The summed E-state index contributed by atoms with van der Waals surface area (Å²) < 4.78 is 0. The number of nitrogens with two attached hydrogens (primary N) is 1. The number of carbonyl (C=O) groups excluding carboxylic acids is 2. The molecule has 0 radical (unpaired) electrons. The maximum absolute atomic E-state index is 11.9. The van der Waals surface area contributed by atoms with Gasteiger partial charge in [-0.3, -0.25) is 9.59 Å². The van der Waals surface area contributed by atoms with Crippen molar-refractivity contribution in [1.82, 2.24) is 10.3 Å². The first kappa shape index (κ1) is 14.2. The molecule has 104 valence electrons. The lowest BCUT2D eigenvalue weighted by Gasteiger charge is -2.09. The van der Waals surface area contributed by atoms with Crippen LogP contribution in [0.15, 0.2) is 30.3 Å². The summed E-state index contributed by atoms with van der Waals surface area (Å²) in [5, 5.41) is 12.7. The number of amides is 2. The number of nitrogens with zero attached hydrogens (tertiary/aromatic N) is 1. The van der Waals surface area contributed by atoms with E-state index in [1.165, 1.54) is 6.07 Å². The van der Waals surface area contributed by atoms with Crippen molar-refractivity contribution < 1.29 is 14.7 Å². The highest BCUT2D eigenvalue weighted by atomic mass is 35.5. The second kappa shape index (κ2) is 5.85. The van der Waals surface area contributed by atoms with Gasteiger partial charge in [-0.25, -0.2) is 4.98 Å². The van der Waals surface area contributed by atoms with E-state index in [1.54, 1.807) is 18.2 Å². The predicted molar refractivity (Wildman–Crippen MR) is 74.3 cm³/mol. The summed E-state index contributed by atoms with van der Waals surface area (Å²) >= 11 is 6.08. The number of nitrogens with one attached hydrogen (secondary N) is 1. The van der Waals surface area contributed by atoms with E-state index in [1.807, 2.05) is 6.07 Å². The molecular formula is C13H12ClN3O3. The standard InChI is InChI=1S/C13H12ClN3O3/c14-8-5-10(13(20)16-6-11(18)12(15)19)17-9-4-2-1-3-7(8)9/h1-5,11,18H,6H2,(H2,15,19)(H,16,20). The van der Waals surface area contributed by atoms with Crippen LogP contribution in [0.1, 0.15) is 10.5 Å². The summed E-state index contributed by atoms with van der Waals surface area (Å²) in [6.45, 7) is -0.277. The molecule has 2 aromatic rings. The van der Waals surface area contributed by atoms with Crippen LogP contribution < -0.4 is 11.1 Å². The zero-order valence-corrected chi connectivity index (χ0v) is 11.1. The first-order valence-electron chi connectivity index (χ1n) is 5.80. The van der Waals surface area contributed by atoms with Crippen LogP contribution in [0.25, 0.3) is 10.9 Å². The summed E-state index contributed by atoms with van der Waals surface area (Å²) in [5.41, 5.74) is 5.57. The number of aliphatic hydroxyl groups is 1. The number of fused-ring (bicyclic) bond motifs is 1. The van der Waals surface area contributed by atoms with Gasteiger partial charge in [0.15, 0.2) is 0 Å².